The highest BCUT2D eigenvalue weighted by molar-refractivity contribution is 5.95. The van der Waals surface area contributed by atoms with Crippen molar-refractivity contribution in [2.24, 2.45) is 0 Å². The molecule has 0 aromatic heterocycles. The smallest absolute Gasteiger partial charge is 0.416 e. The van der Waals surface area contributed by atoms with E-state index in [1.54, 1.807) is 0 Å². The van der Waals surface area contributed by atoms with Gasteiger partial charge in [0.1, 0.15) is 17.2 Å². The second-order valence-electron chi connectivity index (χ2n) is 8.13. The van der Waals surface area contributed by atoms with Gasteiger partial charge in [0.15, 0.2) is 0 Å². The Labute approximate surface area is 224 Å². The largest absolute Gasteiger partial charge is 0.478 e. The number of aromatic carboxylic acids is 1. The van der Waals surface area contributed by atoms with Gasteiger partial charge < -0.3 is 19.3 Å². The topological polar surface area (TPSA) is 116 Å². The maximum absolute atomic E-state index is 12.7. The summed E-state index contributed by atoms with van der Waals surface area (Å²) in [6, 6.07) is 19.6. The molecule has 0 aliphatic rings. The molecule has 0 aliphatic carbocycles. The van der Waals surface area contributed by atoms with Gasteiger partial charge in [-0.15, -0.1) is 0 Å². The fraction of sp³-hybridized carbons (Fsp3) is 0.0345. The van der Waals surface area contributed by atoms with E-state index in [2.05, 4.69) is 0 Å². The Balaban J connectivity index is 1.35. The molecule has 0 amide bonds. The molecule has 0 bridgehead atoms. The van der Waals surface area contributed by atoms with Gasteiger partial charge in [0.05, 0.1) is 27.8 Å². The van der Waals surface area contributed by atoms with E-state index in [0.717, 1.165) is 24.3 Å². The van der Waals surface area contributed by atoms with Gasteiger partial charge in [0, 0.05) is 0 Å². The van der Waals surface area contributed by atoms with E-state index in [9.17, 15) is 32.3 Å². The average molecular weight is 550 g/mol. The quantitative estimate of drug-likeness (QED) is 0.218. The summed E-state index contributed by atoms with van der Waals surface area (Å²) in [7, 11) is 0. The molecule has 40 heavy (non-hydrogen) atoms. The predicted octanol–water partition coefficient (Wildman–Crippen LogP) is 6.06. The molecule has 1 N–H and O–H groups in total. The maximum atomic E-state index is 12.7. The van der Waals surface area contributed by atoms with Gasteiger partial charge >= 0.3 is 30.1 Å². The Kier molecular flexibility index (Phi) is 7.94. The van der Waals surface area contributed by atoms with Gasteiger partial charge in [-0.1, -0.05) is 6.07 Å². The van der Waals surface area contributed by atoms with Crippen molar-refractivity contribution in [2.75, 3.05) is 0 Å². The van der Waals surface area contributed by atoms with E-state index in [1.165, 1.54) is 72.8 Å². The number of carbonyl (C=O) groups is 4. The molecular weight excluding hydrogens is 533 g/mol. The summed E-state index contributed by atoms with van der Waals surface area (Å²) in [6.45, 7) is 0. The first-order valence-corrected chi connectivity index (χ1v) is 11.4. The van der Waals surface area contributed by atoms with Crippen LogP contribution < -0.4 is 14.2 Å². The Bertz CT molecular complexity index is 1560. The second-order valence-corrected chi connectivity index (χ2v) is 8.13. The van der Waals surface area contributed by atoms with Crippen molar-refractivity contribution < 1.29 is 51.7 Å². The summed E-state index contributed by atoms with van der Waals surface area (Å²) in [4.78, 5) is 48.2. The highest BCUT2D eigenvalue weighted by atomic mass is 19.4. The Morgan fingerprint density at radius 1 is 0.525 bits per heavy atom. The molecule has 0 saturated heterocycles. The second kappa shape index (κ2) is 11.5. The van der Waals surface area contributed by atoms with E-state index in [4.69, 9.17) is 19.3 Å². The molecule has 0 saturated carbocycles. The van der Waals surface area contributed by atoms with Crippen molar-refractivity contribution >= 4 is 23.9 Å². The SMILES string of the molecule is O=C(O)c1ccc(C(=O)Oc2cccc(C(=O)Oc3ccc(C(=O)Oc4ccc(C(F)(F)F)cc4)cc3)c2)cc1. The number of hydrogen-bond donors (Lipinski definition) is 1. The molecule has 0 heterocycles. The first-order chi connectivity index (χ1) is 19.0. The number of hydrogen-bond acceptors (Lipinski definition) is 7. The lowest BCUT2D eigenvalue weighted by Crippen LogP contribution is -2.12. The van der Waals surface area contributed by atoms with Crippen LogP contribution in [0.25, 0.3) is 0 Å². The monoisotopic (exact) mass is 550 g/mol. The molecule has 8 nitrogen and oxygen atoms in total. The highest BCUT2D eigenvalue weighted by Crippen LogP contribution is 2.30. The lowest BCUT2D eigenvalue weighted by atomic mass is 10.1. The minimum atomic E-state index is -4.51. The van der Waals surface area contributed by atoms with Crippen LogP contribution in [-0.2, 0) is 6.18 Å². The molecule has 0 aliphatic heterocycles. The zero-order valence-corrected chi connectivity index (χ0v) is 20.2. The number of carboxylic acid groups (broad SMARTS) is 1. The summed E-state index contributed by atoms with van der Waals surface area (Å²) in [5.41, 5.74) is -0.656. The molecule has 0 unspecified atom stereocenters. The van der Waals surface area contributed by atoms with Crippen LogP contribution in [0.1, 0.15) is 47.0 Å². The molecule has 4 aromatic carbocycles. The van der Waals surface area contributed by atoms with Crippen LogP contribution in [0.5, 0.6) is 17.2 Å². The van der Waals surface area contributed by atoms with Crippen LogP contribution in [0.2, 0.25) is 0 Å². The van der Waals surface area contributed by atoms with Crippen molar-refractivity contribution in [1.29, 1.82) is 0 Å². The van der Waals surface area contributed by atoms with Crippen LogP contribution in [0.4, 0.5) is 13.2 Å². The van der Waals surface area contributed by atoms with Crippen molar-refractivity contribution in [3.63, 3.8) is 0 Å². The minimum Gasteiger partial charge on any atom is -0.478 e. The third-order valence-electron chi connectivity index (χ3n) is 5.34. The van der Waals surface area contributed by atoms with Gasteiger partial charge in [-0.25, -0.2) is 19.2 Å². The summed E-state index contributed by atoms with van der Waals surface area (Å²) in [6.07, 6.45) is -4.51. The standard InChI is InChI=1S/C29H17F3O8/c30-29(31,32)21-10-14-23(15-11-21)38-26(35)19-8-12-22(13-9-19)39-28(37)20-2-1-3-24(16-20)40-27(36)18-6-4-17(5-7-18)25(33)34/h1-16H,(H,33,34). The highest BCUT2D eigenvalue weighted by Gasteiger charge is 2.30. The number of ether oxygens (including phenoxy) is 3. The normalized spacial score (nSPS) is 10.9. The molecule has 0 fully saturated rings. The first-order valence-electron chi connectivity index (χ1n) is 11.4. The van der Waals surface area contributed by atoms with Crippen LogP contribution >= 0.6 is 0 Å². The van der Waals surface area contributed by atoms with Crippen molar-refractivity contribution in [1.82, 2.24) is 0 Å². The zero-order valence-electron chi connectivity index (χ0n) is 20.2. The van der Waals surface area contributed by atoms with Crippen LogP contribution in [0, 0.1) is 0 Å². The minimum absolute atomic E-state index is 0.00497. The third-order valence-corrected chi connectivity index (χ3v) is 5.34. The third kappa shape index (κ3) is 6.90. The Morgan fingerprint density at radius 3 is 1.45 bits per heavy atom. The van der Waals surface area contributed by atoms with Gasteiger partial charge in [-0.2, -0.15) is 13.2 Å². The summed E-state index contributed by atoms with van der Waals surface area (Å²) < 4.78 is 53.6. The Hall–Kier alpha value is -5.45. The number of esters is 3. The number of carbonyl (C=O) groups excluding carboxylic acids is 3. The number of benzene rings is 4. The van der Waals surface area contributed by atoms with E-state index < -0.39 is 35.6 Å². The number of halogens is 3. The maximum Gasteiger partial charge on any atom is 0.416 e. The van der Waals surface area contributed by atoms with Gasteiger partial charge in [-0.05, 0) is 91.0 Å². The van der Waals surface area contributed by atoms with Crippen LogP contribution in [-0.4, -0.2) is 29.0 Å². The van der Waals surface area contributed by atoms with E-state index >= 15 is 0 Å². The van der Waals surface area contributed by atoms with E-state index in [-0.39, 0.29) is 39.5 Å². The molecular formula is C29H17F3O8. The molecule has 202 valence electrons. The van der Waals surface area contributed by atoms with Crippen molar-refractivity contribution in [2.45, 2.75) is 6.18 Å². The van der Waals surface area contributed by atoms with Crippen LogP contribution in [0.15, 0.2) is 97.1 Å². The van der Waals surface area contributed by atoms with Gasteiger partial charge in [0.25, 0.3) is 0 Å². The van der Waals surface area contributed by atoms with E-state index in [1.807, 2.05) is 0 Å². The average Bonchev–Trinajstić information content (AvgIpc) is 2.93. The van der Waals surface area contributed by atoms with Crippen molar-refractivity contribution in [3.05, 3.63) is 125 Å². The van der Waals surface area contributed by atoms with E-state index in [0.29, 0.717) is 0 Å². The number of rotatable bonds is 7. The molecule has 0 radical (unpaired) electrons. The van der Waals surface area contributed by atoms with Crippen molar-refractivity contribution in [3.8, 4) is 17.2 Å². The number of carboxylic acids is 1. The lowest BCUT2D eigenvalue weighted by Gasteiger charge is -2.09. The van der Waals surface area contributed by atoms with Gasteiger partial charge in [0.2, 0.25) is 0 Å². The predicted molar refractivity (Wildman–Crippen MR) is 133 cm³/mol. The summed E-state index contributed by atoms with van der Waals surface area (Å²) in [5, 5.41) is 8.95. The number of alkyl halides is 3. The Morgan fingerprint density at radius 2 is 0.950 bits per heavy atom. The fourth-order valence-corrected chi connectivity index (χ4v) is 3.30. The summed E-state index contributed by atoms with van der Waals surface area (Å²) in [5.74, 6) is -3.47. The zero-order chi connectivity index (χ0) is 28.9. The lowest BCUT2D eigenvalue weighted by molar-refractivity contribution is -0.137. The molecule has 11 heteroatoms. The van der Waals surface area contributed by atoms with Gasteiger partial charge in [-0.3, -0.25) is 0 Å². The molecule has 0 atom stereocenters. The molecule has 0 spiro atoms. The molecule has 4 rings (SSSR count). The first kappa shape index (κ1) is 27.6. The fourth-order valence-electron chi connectivity index (χ4n) is 3.30. The van der Waals surface area contributed by atoms with Crippen LogP contribution in [0.3, 0.4) is 0 Å². The molecule has 4 aromatic rings. The summed E-state index contributed by atoms with van der Waals surface area (Å²) >= 11 is 0.